The number of hydrogen-bond donors (Lipinski definition) is 2. The molecule has 1 aliphatic rings. The molecule has 2 amide bonds. The maximum Gasteiger partial charge on any atom is 0.224 e. The van der Waals surface area contributed by atoms with Crippen LogP contribution in [-0.4, -0.2) is 49.4 Å². The summed E-state index contributed by atoms with van der Waals surface area (Å²) in [6, 6.07) is 10.1. The minimum Gasteiger partial charge on any atom is -0.355 e. The Bertz CT molecular complexity index is 488. The molecule has 0 radical (unpaired) electrons. The second-order valence-electron chi connectivity index (χ2n) is 5.71. The largest absolute Gasteiger partial charge is 0.355 e. The number of likely N-dealkylation sites (tertiary alicyclic amines) is 1. The van der Waals surface area contributed by atoms with E-state index in [-0.39, 0.29) is 24.2 Å². The van der Waals surface area contributed by atoms with Gasteiger partial charge in [-0.05, 0) is 25.5 Å². The predicted molar refractivity (Wildman–Crippen MR) is 93.7 cm³/mol. The van der Waals surface area contributed by atoms with E-state index in [0.29, 0.717) is 25.4 Å². The van der Waals surface area contributed by atoms with Gasteiger partial charge in [0.05, 0.1) is 6.42 Å². The highest BCUT2D eigenvalue weighted by atomic mass is 35.5. The zero-order valence-electron chi connectivity index (χ0n) is 13.6. The van der Waals surface area contributed by atoms with Gasteiger partial charge >= 0.3 is 0 Å². The second kappa shape index (κ2) is 10.2. The fourth-order valence-electron chi connectivity index (χ4n) is 2.73. The van der Waals surface area contributed by atoms with Crippen molar-refractivity contribution in [2.75, 3.05) is 26.7 Å². The van der Waals surface area contributed by atoms with Gasteiger partial charge in [-0.3, -0.25) is 9.59 Å². The van der Waals surface area contributed by atoms with Gasteiger partial charge in [-0.15, -0.1) is 12.4 Å². The number of carbonyl (C=O) groups excluding carboxylic acids is 2. The second-order valence-corrected chi connectivity index (χ2v) is 5.71. The molecule has 0 spiro atoms. The molecular weight excluding hydrogens is 314 g/mol. The van der Waals surface area contributed by atoms with E-state index in [1.54, 1.807) is 0 Å². The topological polar surface area (TPSA) is 61.4 Å². The Kier molecular flexibility index (Phi) is 8.66. The van der Waals surface area contributed by atoms with Gasteiger partial charge in [0.2, 0.25) is 11.8 Å². The van der Waals surface area contributed by atoms with Gasteiger partial charge in [-0.1, -0.05) is 30.3 Å². The molecule has 128 valence electrons. The van der Waals surface area contributed by atoms with Crippen molar-refractivity contribution >= 4 is 24.2 Å². The van der Waals surface area contributed by atoms with Crippen LogP contribution in [0.1, 0.15) is 24.8 Å². The molecule has 2 N–H and O–H groups in total. The molecule has 23 heavy (non-hydrogen) atoms. The lowest BCUT2D eigenvalue weighted by molar-refractivity contribution is -0.132. The van der Waals surface area contributed by atoms with Crippen LogP contribution < -0.4 is 10.6 Å². The first-order chi connectivity index (χ1) is 10.7. The lowest BCUT2D eigenvalue weighted by atomic mass is 10.1. The summed E-state index contributed by atoms with van der Waals surface area (Å²) < 4.78 is 0. The number of piperidine rings is 1. The highest BCUT2D eigenvalue weighted by Gasteiger charge is 2.21. The number of halogens is 1. The molecule has 1 aromatic rings. The summed E-state index contributed by atoms with van der Waals surface area (Å²) in [6.45, 7) is 2.03. The van der Waals surface area contributed by atoms with Gasteiger partial charge in [0.1, 0.15) is 0 Å². The van der Waals surface area contributed by atoms with Crippen LogP contribution in [0, 0.1) is 0 Å². The summed E-state index contributed by atoms with van der Waals surface area (Å²) in [4.78, 5) is 25.8. The quantitative estimate of drug-likeness (QED) is 0.823. The van der Waals surface area contributed by atoms with Gasteiger partial charge in [0, 0.05) is 32.1 Å². The Hall–Kier alpha value is -1.59. The van der Waals surface area contributed by atoms with E-state index in [2.05, 4.69) is 10.6 Å². The third-order valence-electron chi connectivity index (χ3n) is 4.12. The third-order valence-corrected chi connectivity index (χ3v) is 4.12. The monoisotopic (exact) mass is 339 g/mol. The number of nitrogens with zero attached hydrogens (tertiary/aromatic N) is 1. The standard InChI is InChI=1S/C17H25N3O2.ClH/c1-18-15-8-11-20(12-9-15)17(22)7-10-19-16(21)13-14-5-3-2-4-6-14;/h2-6,15,18H,7-13H2,1H3,(H,19,21);1H. The van der Waals surface area contributed by atoms with Crippen LogP contribution in [0.2, 0.25) is 0 Å². The molecule has 0 bridgehead atoms. The first kappa shape index (κ1) is 19.5. The number of amides is 2. The summed E-state index contributed by atoms with van der Waals surface area (Å²) in [7, 11) is 1.96. The van der Waals surface area contributed by atoms with Gasteiger partial charge in [-0.2, -0.15) is 0 Å². The van der Waals surface area contributed by atoms with Crippen LogP contribution in [0.25, 0.3) is 0 Å². The van der Waals surface area contributed by atoms with Crippen molar-refractivity contribution in [2.45, 2.75) is 31.7 Å². The molecule has 1 aliphatic heterocycles. The summed E-state index contributed by atoms with van der Waals surface area (Å²) in [5, 5.41) is 6.07. The van der Waals surface area contributed by atoms with E-state index < -0.39 is 0 Å². The summed E-state index contributed by atoms with van der Waals surface area (Å²) in [6.07, 6.45) is 2.75. The van der Waals surface area contributed by atoms with Crippen molar-refractivity contribution in [3.05, 3.63) is 35.9 Å². The molecule has 0 saturated carbocycles. The van der Waals surface area contributed by atoms with Crippen LogP contribution in [0.15, 0.2) is 30.3 Å². The number of rotatable bonds is 6. The van der Waals surface area contributed by atoms with Crippen LogP contribution in [0.4, 0.5) is 0 Å². The Morgan fingerprint density at radius 3 is 2.43 bits per heavy atom. The van der Waals surface area contributed by atoms with Crippen LogP contribution in [0.5, 0.6) is 0 Å². The fourth-order valence-corrected chi connectivity index (χ4v) is 2.73. The molecule has 6 heteroatoms. The number of benzene rings is 1. The number of carbonyl (C=O) groups is 2. The average Bonchev–Trinajstić information content (AvgIpc) is 2.55. The predicted octanol–water partition coefficient (Wildman–Crippen LogP) is 1.37. The first-order valence-electron chi connectivity index (χ1n) is 7.94. The SMILES string of the molecule is CNC1CCN(C(=O)CCNC(=O)Cc2ccccc2)CC1.Cl. The van der Waals surface area contributed by atoms with E-state index in [0.717, 1.165) is 31.5 Å². The molecular formula is C17H26ClN3O2. The van der Waals surface area contributed by atoms with Crippen molar-refractivity contribution in [3.63, 3.8) is 0 Å². The van der Waals surface area contributed by atoms with Crippen molar-refractivity contribution in [1.82, 2.24) is 15.5 Å². The van der Waals surface area contributed by atoms with Crippen molar-refractivity contribution in [2.24, 2.45) is 0 Å². The van der Waals surface area contributed by atoms with Crippen molar-refractivity contribution in [1.29, 1.82) is 0 Å². The summed E-state index contributed by atoms with van der Waals surface area (Å²) in [5.41, 5.74) is 0.987. The van der Waals surface area contributed by atoms with Crippen LogP contribution in [-0.2, 0) is 16.0 Å². The molecule has 2 rings (SSSR count). The lowest BCUT2D eigenvalue weighted by Crippen LogP contribution is -2.44. The molecule has 1 aromatic carbocycles. The Balaban J connectivity index is 0.00000264. The third kappa shape index (κ3) is 6.59. The fraction of sp³-hybridized carbons (Fsp3) is 0.529. The molecule has 0 unspecified atom stereocenters. The first-order valence-corrected chi connectivity index (χ1v) is 7.94. The minimum absolute atomic E-state index is 0. The normalized spacial score (nSPS) is 14.9. The van der Waals surface area contributed by atoms with Gasteiger partial charge in [0.25, 0.3) is 0 Å². The highest BCUT2D eigenvalue weighted by molar-refractivity contribution is 5.85. The highest BCUT2D eigenvalue weighted by Crippen LogP contribution is 2.10. The van der Waals surface area contributed by atoms with Gasteiger partial charge in [-0.25, -0.2) is 0 Å². The molecule has 0 atom stereocenters. The molecule has 1 fully saturated rings. The zero-order valence-corrected chi connectivity index (χ0v) is 14.4. The number of nitrogens with one attached hydrogen (secondary N) is 2. The minimum atomic E-state index is -0.0344. The maximum atomic E-state index is 12.1. The molecule has 0 aliphatic carbocycles. The maximum absolute atomic E-state index is 12.1. The molecule has 1 saturated heterocycles. The Morgan fingerprint density at radius 1 is 1.17 bits per heavy atom. The summed E-state index contributed by atoms with van der Waals surface area (Å²) in [5.74, 6) is 0.0995. The van der Waals surface area contributed by atoms with Crippen molar-refractivity contribution < 1.29 is 9.59 Å². The Labute approximate surface area is 144 Å². The van der Waals surface area contributed by atoms with Crippen LogP contribution in [0.3, 0.4) is 0 Å². The van der Waals surface area contributed by atoms with Crippen molar-refractivity contribution in [3.8, 4) is 0 Å². The molecule has 0 aromatic heterocycles. The number of hydrogen-bond acceptors (Lipinski definition) is 3. The molecule has 5 nitrogen and oxygen atoms in total. The van der Waals surface area contributed by atoms with E-state index in [1.165, 1.54) is 0 Å². The van der Waals surface area contributed by atoms with E-state index in [1.807, 2.05) is 42.3 Å². The van der Waals surface area contributed by atoms with Gasteiger partial charge < -0.3 is 15.5 Å². The van der Waals surface area contributed by atoms with E-state index in [4.69, 9.17) is 0 Å². The average molecular weight is 340 g/mol. The van der Waals surface area contributed by atoms with E-state index in [9.17, 15) is 9.59 Å². The van der Waals surface area contributed by atoms with Crippen LogP contribution >= 0.6 is 12.4 Å². The summed E-state index contributed by atoms with van der Waals surface area (Å²) >= 11 is 0. The lowest BCUT2D eigenvalue weighted by Gasteiger charge is -2.31. The van der Waals surface area contributed by atoms with Gasteiger partial charge in [0.15, 0.2) is 0 Å². The Morgan fingerprint density at radius 2 is 1.83 bits per heavy atom. The molecule has 1 heterocycles. The smallest absolute Gasteiger partial charge is 0.224 e. The van der Waals surface area contributed by atoms with E-state index >= 15 is 0 Å². The zero-order chi connectivity index (χ0) is 15.8.